The summed E-state index contributed by atoms with van der Waals surface area (Å²) >= 11 is 1.31. The van der Waals surface area contributed by atoms with Crippen molar-refractivity contribution >= 4 is 11.8 Å². The van der Waals surface area contributed by atoms with Gasteiger partial charge in [0.15, 0.2) is 11.0 Å². The molecular formula is C23H19F2N3O2S. The van der Waals surface area contributed by atoms with Gasteiger partial charge in [-0.3, -0.25) is 4.57 Å². The van der Waals surface area contributed by atoms with Crippen molar-refractivity contribution in [1.82, 2.24) is 14.8 Å². The predicted octanol–water partition coefficient (Wildman–Crippen LogP) is 5.52. The molecular weight excluding hydrogens is 420 g/mol. The molecule has 0 aliphatic carbocycles. The second-order valence-corrected chi connectivity index (χ2v) is 7.55. The molecule has 1 aromatic heterocycles. The van der Waals surface area contributed by atoms with E-state index in [0.717, 1.165) is 17.3 Å². The minimum Gasteiger partial charge on any atom is -0.497 e. The third-order valence-electron chi connectivity index (χ3n) is 4.63. The zero-order valence-electron chi connectivity index (χ0n) is 16.9. The van der Waals surface area contributed by atoms with Crippen LogP contribution in [0.4, 0.5) is 8.78 Å². The van der Waals surface area contributed by atoms with Crippen LogP contribution in [0.15, 0.2) is 71.9 Å². The Bertz CT molecular complexity index is 1180. The van der Waals surface area contributed by atoms with E-state index in [1.807, 2.05) is 47.0 Å². The number of halogens is 2. The van der Waals surface area contributed by atoms with Crippen LogP contribution in [0.25, 0.3) is 17.1 Å². The molecule has 0 unspecified atom stereocenters. The first-order valence-corrected chi connectivity index (χ1v) is 10.4. The maximum Gasteiger partial charge on any atom is 0.196 e. The van der Waals surface area contributed by atoms with Gasteiger partial charge in [-0.2, -0.15) is 0 Å². The topological polar surface area (TPSA) is 49.2 Å². The third kappa shape index (κ3) is 4.54. The smallest absolute Gasteiger partial charge is 0.196 e. The molecule has 0 aliphatic heterocycles. The number of thioether (sulfide) groups is 1. The van der Waals surface area contributed by atoms with E-state index in [9.17, 15) is 8.78 Å². The highest BCUT2D eigenvalue weighted by Crippen LogP contribution is 2.33. The van der Waals surface area contributed by atoms with Crippen LogP contribution in [0.3, 0.4) is 0 Å². The standard InChI is InChI=1S/C23H19F2N3O2S/c1-29-19-10-16(11-20(13-19)30-2)22-26-27-23(28(22)18-6-4-3-5-7-18)31-14-15-8-9-17(24)12-21(15)25/h3-13H,14H2,1-2H3. The minimum atomic E-state index is -0.604. The molecule has 31 heavy (non-hydrogen) atoms. The second-order valence-electron chi connectivity index (χ2n) is 6.60. The SMILES string of the molecule is COc1cc(OC)cc(-c2nnc(SCc3ccc(F)cc3F)n2-c2ccccc2)c1. The Hall–Kier alpha value is -3.39. The van der Waals surface area contributed by atoms with E-state index in [-0.39, 0.29) is 5.75 Å². The summed E-state index contributed by atoms with van der Waals surface area (Å²) in [5.41, 5.74) is 2.00. The summed E-state index contributed by atoms with van der Waals surface area (Å²) in [5.74, 6) is 0.923. The number of ether oxygens (including phenoxy) is 2. The van der Waals surface area contributed by atoms with Crippen LogP contribution in [-0.2, 0) is 5.75 Å². The molecule has 4 aromatic rings. The van der Waals surface area contributed by atoms with Gasteiger partial charge >= 0.3 is 0 Å². The van der Waals surface area contributed by atoms with Crippen LogP contribution >= 0.6 is 11.8 Å². The molecule has 0 radical (unpaired) electrons. The first-order valence-electron chi connectivity index (χ1n) is 9.40. The maximum absolute atomic E-state index is 14.1. The fraction of sp³-hybridized carbons (Fsp3) is 0.130. The molecule has 0 spiro atoms. The van der Waals surface area contributed by atoms with Gasteiger partial charge in [0.05, 0.1) is 14.2 Å². The molecule has 5 nitrogen and oxygen atoms in total. The third-order valence-corrected chi connectivity index (χ3v) is 5.61. The first-order chi connectivity index (χ1) is 15.1. The number of aromatic nitrogens is 3. The van der Waals surface area contributed by atoms with E-state index in [1.54, 1.807) is 20.3 Å². The van der Waals surface area contributed by atoms with Crippen LogP contribution in [-0.4, -0.2) is 29.0 Å². The molecule has 0 atom stereocenters. The molecule has 0 N–H and O–H groups in total. The average molecular weight is 439 g/mol. The van der Waals surface area contributed by atoms with Gasteiger partial charge in [-0.05, 0) is 35.9 Å². The molecule has 0 saturated heterocycles. The van der Waals surface area contributed by atoms with E-state index in [0.29, 0.717) is 28.0 Å². The lowest BCUT2D eigenvalue weighted by molar-refractivity contribution is 0.394. The van der Waals surface area contributed by atoms with Gasteiger partial charge < -0.3 is 9.47 Å². The van der Waals surface area contributed by atoms with Crippen molar-refractivity contribution in [3.05, 3.63) is 83.9 Å². The van der Waals surface area contributed by atoms with Crippen LogP contribution in [0.5, 0.6) is 11.5 Å². The van der Waals surface area contributed by atoms with E-state index in [2.05, 4.69) is 10.2 Å². The number of hydrogen-bond donors (Lipinski definition) is 0. The lowest BCUT2D eigenvalue weighted by Gasteiger charge is -2.12. The molecule has 0 saturated carbocycles. The second kappa shape index (κ2) is 9.18. The summed E-state index contributed by atoms with van der Waals surface area (Å²) < 4.78 is 40.0. The number of hydrogen-bond acceptors (Lipinski definition) is 5. The summed E-state index contributed by atoms with van der Waals surface area (Å²) in [6, 6.07) is 18.7. The van der Waals surface area contributed by atoms with Gasteiger partial charge in [0, 0.05) is 29.1 Å². The zero-order chi connectivity index (χ0) is 21.8. The molecule has 0 bridgehead atoms. The molecule has 0 amide bonds. The average Bonchev–Trinajstić information content (AvgIpc) is 3.22. The van der Waals surface area contributed by atoms with Crippen LogP contribution in [0.1, 0.15) is 5.56 Å². The van der Waals surface area contributed by atoms with Crippen molar-refractivity contribution in [2.45, 2.75) is 10.9 Å². The number of nitrogens with zero attached hydrogens (tertiary/aromatic N) is 3. The number of methoxy groups -OCH3 is 2. The minimum absolute atomic E-state index is 0.276. The molecule has 158 valence electrons. The summed E-state index contributed by atoms with van der Waals surface area (Å²) in [6.07, 6.45) is 0. The Labute approximate surface area is 182 Å². The number of benzene rings is 3. The highest BCUT2D eigenvalue weighted by molar-refractivity contribution is 7.98. The quantitative estimate of drug-likeness (QED) is 0.355. The Morgan fingerprint density at radius 2 is 1.58 bits per heavy atom. The van der Waals surface area contributed by atoms with Crippen molar-refractivity contribution in [2.75, 3.05) is 14.2 Å². The molecule has 3 aromatic carbocycles. The van der Waals surface area contributed by atoms with Crippen molar-refractivity contribution < 1.29 is 18.3 Å². The monoisotopic (exact) mass is 439 g/mol. The molecule has 4 rings (SSSR count). The van der Waals surface area contributed by atoms with Crippen molar-refractivity contribution in [2.24, 2.45) is 0 Å². The summed E-state index contributed by atoms with van der Waals surface area (Å²) in [5, 5.41) is 9.31. The highest BCUT2D eigenvalue weighted by atomic mass is 32.2. The Morgan fingerprint density at radius 1 is 0.871 bits per heavy atom. The first kappa shape index (κ1) is 20.9. The van der Waals surface area contributed by atoms with E-state index in [4.69, 9.17) is 9.47 Å². The van der Waals surface area contributed by atoms with Gasteiger partial charge in [0.25, 0.3) is 0 Å². The van der Waals surface area contributed by atoms with E-state index >= 15 is 0 Å². The fourth-order valence-electron chi connectivity index (χ4n) is 3.08. The molecule has 1 heterocycles. The largest absolute Gasteiger partial charge is 0.497 e. The maximum atomic E-state index is 14.1. The summed E-state index contributed by atoms with van der Waals surface area (Å²) in [7, 11) is 3.16. The van der Waals surface area contributed by atoms with Crippen molar-refractivity contribution in [1.29, 1.82) is 0 Å². The highest BCUT2D eigenvalue weighted by Gasteiger charge is 2.18. The van der Waals surface area contributed by atoms with Gasteiger partial charge in [0.2, 0.25) is 0 Å². The Balaban J connectivity index is 1.76. The predicted molar refractivity (Wildman–Crippen MR) is 116 cm³/mol. The summed E-state index contributed by atoms with van der Waals surface area (Å²) in [6.45, 7) is 0. The van der Waals surface area contributed by atoms with Gasteiger partial charge in [-0.15, -0.1) is 10.2 Å². The van der Waals surface area contributed by atoms with Crippen LogP contribution in [0.2, 0.25) is 0 Å². The van der Waals surface area contributed by atoms with Crippen LogP contribution < -0.4 is 9.47 Å². The van der Waals surface area contributed by atoms with E-state index < -0.39 is 11.6 Å². The van der Waals surface area contributed by atoms with Gasteiger partial charge in [-0.25, -0.2) is 8.78 Å². The zero-order valence-corrected chi connectivity index (χ0v) is 17.7. The lowest BCUT2D eigenvalue weighted by atomic mass is 10.2. The lowest BCUT2D eigenvalue weighted by Crippen LogP contribution is -2.00. The molecule has 0 aliphatic rings. The van der Waals surface area contributed by atoms with Crippen molar-refractivity contribution in [3.63, 3.8) is 0 Å². The van der Waals surface area contributed by atoms with Crippen molar-refractivity contribution in [3.8, 4) is 28.6 Å². The Kier molecular flexibility index (Phi) is 6.18. The van der Waals surface area contributed by atoms with Gasteiger partial charge in [0.1, 0.15) is 23.1 Å². The molecule has 0 fully saturated rings. The van der Waals surface area contributed by atoms with Crippen LogP contribution in [0, 0.1) is 11.6 Å². The Morgan fingerprint density at radius 3 is 2.23 bits per heavy atom. The molecule has 8 heteroatoms. The van der Waals surface area contributed by atoms with Gasteiger partial charge in [-0.1, -0.05) is 36.0 Å². The van der Waals surface area contributed by atoms with E-state index in [1.165, 1.54) is 23.9 Å². The normalized spacial score (nSPS) is 10.8. The number of para-hydroxylation sites is 1. The summed E-state index contributed by atoms with van der Waals surface area (Å²) in [4.78, 5) is 0. The number of rotatable bonds is 7. The fourth-order valence-corrected chi connectivity index (χ4v) is 4.02.